The van der Waals surface area contributed by atoms with Crippen molar-refractivity contribution < 1.29 is 24.1 Å². The second-order valence-corrected chi connectivity index (χ2v) is 4.61. The molecule has 5 nitrogen and oxygen atoms in total. The number of aliphatic hydroxyl groups excluding tert-OH is 1. The minimum absolute atomic E-state index is 0.310. The molecule has 1 aliphatic heterocycles. The summed E-state index contributed by atoms with van der Waals surface area (Å²) in [6.07, 6.45) is 1.71. The molecule has 2 unspecified atom stereocenters. The average molecular weight is 244 g/mol. The molecule has 1 heterocycles. The number of esters is 1. The number of carbonyl (C=O) groups excluding carboxylic acids is 1. The molecule has 5 heteroatoms. The van der Waals surface area contributed by atoms with Crippen molar-refractivity contribution in [3.63, 3.8) is 0 Å². The summed E-state index contributed by atoms with van der Waals surface area (Å²) < 4.78 is 16.2. The number of rotatable bonds is 2. The summed E-state index contributed by atoms with van der Waals surface area (Å²) in [5.74, 6) is -1.32. The van der Waals surface area contributed by atoms with Gasteiger partial charge in [0.1, 0.15) is 0 Å². The molecule has 0 aromatic rings. The van der Waals surface area contributed by atoms with E-state index in [0.29, 0.717) is 45.5 Å². The van der Waals surface area contributed by atoms with Gasteiger partial charge in [-0.05, 0) is 19.8 Å². The van der Waals surface area contributed by atoms with Crippen LogP contribution in [0.5, 0.6) is 0 Å². The smallest absolute Gasteiger partial charge is 0.311 e. The largest absolute Gasteiger partial charge is 0.466 e. The molecular weight excluding hydrogens is 224 g/mol. The molecule has 1 saturated heterocycles. The first-order valence-corrected chi connectivity index (χ1v) is 6.29. The van der Waals surface area contributed by atoms with Gasteiger partial charge >= 0.3 is 5.97 Å². The zero-order valence-electron chi connectivity index (χ0n) is 10.2. The third-order valence-electron chi connectivity index (χ3n) is 3.52. The molecule has 17 heavy (non-hydrogen) atoms. The van der Waals surface area contributed by atoms with Crippen molar-refractivity contribution in [1.82, 2.24) is 0 Å². The molecule has 2 rings (SSSR count). The third kappa shape index (κ3) is 2.78. The van der Waals surface area contributed by atoms with Crippen LogP contribution in [0.15, 0.2) is 0 Å². The van der Waals surface area contributed by atoms with Crippen molar-refractivity contribution in [2.75, 3.05) is 19.8 Å². The van der Waals surface area contributed by atoms with Crippen molar-refractivity contribution in [3.05, 3.63) is 0 Å². The standard InChI is InChI=1S/C12H20O5/c1-2-15-11(14)9-3-5-12(6-4-10(9)13)16-7-8-17-12/h9-10,13H,2-8H2,1H3. The Bertz CT molecular complexity index is 272. The van der Waals surface area contributed by atoms with Crippen LogP contribution in [-0.4, -0.2) is 42.8 Å². The number of aliphatic hydroxyl groups is 1. The molecule has 1 aliphatic carbocycles. The van der Waals surface area contributed by atoms with Crippen molar-refractivity contribution >= 4 is 5.97 Å². The van der Waals surface area contributed by atoms with E-state index in [2.05, 4.69) is 0 Å². The highest BCUT2D eigenvalue weighted by atomic mass is 16.7. The number of carbonyl (C=O) groups is 1. The summed E-state index contributed by atoms with van der Waals surface area (Å²) in [6, 6.07) is 0. The highest BCUT2D eigenvalue weighted by molar-refractivity contribution is 5.73. The first-order valence-electron chi connectivity index (χ1n) is 6.29. The van der Waals surface area contributed by atoms with Crippen LogP contribution in [0.4, 0.5) is 0 Å². The van der Waals surface area contributed by atoms with Gasteiger partial charge in [-0.3, -0.25) is 4.79 Å². The molecule has 0 aromatic heterocycles. The maximum absolute atomic E-state index is 11.7. The lowest BCUT2D eigenvalue weighted by molar-refractivity contribution is -0.166. The fourth-order valence-corrected chi connectivity index (χ4v) is 2.57. The second-order valence-electron chi connectivity index (χ2n) is 4.61. The van der Waals surface area contributed by atoms with E-state index in [4.69, 9.17) is 14.2 Å². The molecule has 1 N–H and O–H groups in total. The van der Waals surface area contributed by atoms with Gasteiger partial charge < -0.3 is 19.3 Å². The lowest BCUT2D eigenvalue weighted by Crippen LogP contribution is -2.29. The normalized spacial score (nSPS) is 32.4. The van der Waals surface area contributed by atoms with E-state index in [1.807, 2.05) is 0 Å². The van der Waals surface area contributed by atoms with Gasteiger partial charge in [0.05, 0.1) is 31.8 Å². The van der Waals surface area contributed by atoms with Gasteiger partial charge in [0.25, 0.3) is 0 Å². The predicted octanol–water partition coefficient (Wildman–Crippen LogP) is 0.844. The third-order valence-corrected chi connectivity index (χ3v) is 3.52. The first-order chi connectivity index (χ1) is 8.17. The summed E-state index contributed by atoms with van der Waals surface area (Å²) in [5.41, 5.74) is 0. The quantitative estimate of drug-likeness (QED) is 0.729. The Kier molecular flexibility index (Phi) is 4.01. The lowest BCUT2D eigenvalue weighted by atomic mass is 9.97. The Balaban J connectivity index is 1.99. The molecule has 1 saturated carbocycles. The van der Waals surface area contributed by atoms with Gasteiger partial charge in [-0.15, -0.1) is 0 Å². The maximum Gasteiger partial charge on any atom is 0.311 e. The maximum atomic E-state index is 11.7. The predicted molar refractivity (Wildman–Crippen MR) is 59.2 cm³/mol. The van der Waals surface area contributed by atoms with E-state index >= 15 is 0 Å². The van der Waals surface area contributed by atoms with E-state index in [1.54, 1.807) is 6.92 Å². The summed E-state index contributed by atoms with van der Waals surface area (Å²) >= 11 is 0. The van der Waals surface area contributed by atoms with Crippen LogP contribution < -0.4 is 0 Å². The van der Waals surface area contributed by atoms with E-state index in [1.165, 1.54) is 0 Å². The molecule has 1 spiro atoms. The van der Waals surface area contributed by atoms with Crippen molar-refractivity contribution in [2.24, 2.45) is 5.92 Å². The number of hydrogen-bond acceptors (Lipinski definition) is 5. The van der Waals surface area contributed by atoms with E-state index in [9.17, 15) is 9.90 Å². The number of hydrogen-bond donors (Lipinski definition) is 1. The summed E-state index contributed by atoms with van der Waals surface area (Å²) in [5, 5.41) is 9.98. The van der Waals surface area contributed by atoms with Crippen LogP contribution in [0, 0.1) is 5.92 Å². The summed E-state index contributed by atoms with van der Waals surface area (Å²) in [6.45, 7) is 3.31. The van der Waals surface area contributed by atoms with Gasteiger partial charge in [0.15, 0.2) is 5.79 Å². The van der Waals surface area contributed by atoms with Crippen LogP contribution in [0.25, 0.3) is 0 Å². The highest BCUT2D eigenvalue weighted by Gasteiger charge is 2.43. The molecule has 0 radical (unpaired) electrons. The van der Waals surface area contributed by atoms with Gasteiger partial charge in [-0.1, -0.05) is 0 Å². The molecule has 0 bridgehead atoms. The zero-order valence-corrected chi connectivity index (χ0v) is 10.2. The van der Waals surface area contributed by atoms with Crippen LogP contribution >= 0.6 is 0 Å². The number of ether oxygens (including phenoxy) is 3. The van der Waals surface area contributed by atoms with Gasteiger partial charge in [0.2, 0.25) is 0 Å². The first kappa shape index (κ1) is 12.8. The van der Waals surface area contributed by atoms with Gasteiger partial charge in [0, 0.05) is 12.8 Å². The van der Waals surface area contributed by atoms with Crippen LogP contribution in [0.1, 0.15) is 32.6 Å². The molecular formula is C12H20O5. The molecule has 98 valence electrons. The molecule has 2 atom stereocenters. The van der Waals surface area contributed by atoms with Crippen LogP contribution in [0.2, 0.25) is 0 Å². The average Bonchev–Trinajstić information content (AvgIpc) is 2.69. The Hall–Kier alpha value is -0.650. The Morgan fingerprint density at radius 1 is 1.35 bits per heavy atom. The van der Waals surface area contributed by atoms with Crippen LogP contribution in [-0.2, 0) is 19.0 Å². The fourth-order valence-electron chi connectivity index (χ4n) is 2.57. The highest BCUT2D eigenvalue weighted by Crippen LogP contribution is 2.37. The van der Waals surface area contributed by atoms with E-state index < -0.39 is 17.8 Å². The van der Waals surface area contributed by atoms with Gasteiger partial charge in [-0.2, -0.15) is 0 Å². The Labute approximate surface area is 101 Å². The molecule has 2 aliphatic rings. The van der Waals surface area contributed by atoms with E-state index in [0.717, 1.165) is 0 Å². The summed E-state index contributed by atoms with van der Waals surface area (Å²) in [7, 11) is 0. The van der Waals surface area contributed by atoms with E-state index in [-0.39, 0.29) is 5.97 Å². The molecule has 0 aromatic carbocycles. The minimum Gasteiger partial charge on any atom is -0.466 e. The van der Waals surface area contributed by atoms with Gasteiger partial charge in [-0.25, -0.2) is 0 Å². The van der Waals surface area contributed by atoms with Crippen LogP contribution in [0.3, 0.4) is 0 Å². The van der Waals surface area contributed by atoms with Crippen molar-refractivity contribution in [3.8, 4) is 0 Å². The molecule has 2 fully saturated rings. The fraction of sp³-hybridized carbons (Fsp3) is 0.917. The topological polar surface area (TPSA) is 65.0 Å². The second kappa shape index (κ2) is 5.33. The molecule has 0 amide bonds. The van der Waals surface area contributed by atoms with Crippen molar-refractivity contribution in [2.45, 2.75) is 44.5 Å². The Morgan fingerprint density at radius 3 is 2.65 bits per heavy atom. The lowest BCUT2D eigenvalue weighted by Gasteiger charge is -2.25. The summed E-state index contributed by atoms with van der Waals surface area (Å²) in [4.78, 5) is 11.7. The zero-order chi connectivity index (χ0) is 12.3. The monoisotopic (exact) mass is 244 g/mol. The van der Waals surface area contributed by atoms with Crippen molar-refractivity contribution in [1.29, 1.82) is 0 Å². The minimum atomic E-state index is -0.652. The Morgan fingerprint density at radius 2 is 2.00 bits per heavy atom. The SMILES string of the molecule is CCOC(=O)C1CCC2(CCC1O)OCCO2.